The Morgan fingerprint density at radius 1 is 1.00 bits per heavy atom. The number of carbonyl (C=O) groups is 2. The molecule has 2 amide bonds. The Morgan fingerprint density at radius 2 is 1.74 bits per heavy atom. The number of pyridine rings is 1. The van der Waals surface area contributed by atoms with Crippen molar-refractivity contribution in [1.82, 2.24) is 10.3 Å². The summed E-state index contributed by atoms with van der Waals surface area (Å²) in [6.45, 7) is 0. The second-order valence-electron chi connectivity index (χ2n) is 6.33. The van der Waals surface area contributed by atoms with Gasteiger partial charge in [-0.25, -0.2) is 0 Å². The average Bonchev–Trinajstić information content (AvgIpc) is 2.80. The molecule has 0 saturated carbocycles. The SMILES string of the molecule is COc1ccc(C(=O)N/C(=C/c2cccnc2)C(=O)Nc2ccc(I)cc2)cc1OC. The van der Waals surface area contributed by atoms with Crippen LogP contribution in [-0.4, -0.2) is 31.0 Å². The van der Waals surface area contributed by atoms with Gasteiger partial charge in [-0.1, -0.05) is 6.07 Å². The predicted octanol–water partition coefficient (Wildman–Crippen LogP) is 4.11. The fourth-order valence-electron chi connectivity index (χ4n) is 2.69. The predicted molar refractivity (Wildman–Crippen MR) is 127 cm³/mol. The maximum Gasteiger partial charge on any atom is 0.272 e. The number of carbonyl (C=O) groups excluding carboxylic acids is 2. The van der Waals surface area contributed by atoms with E-state index in [2.05, 4.69) is 38.2 Å². The van der Waals surface area contributed by atoms with Gasteiger partial charge >= 0.3 is 0 Å². The van der Waals surface area contributed by atoms with E-state index in [0.29, 0.717) is 28.3 Å². The van der Waals surface area contributed by atoms with E-state index in [1.807, 2.05) is 12.1 Å². The Kier molecular flexibility index (Phi) is 7.60. The van der Waals surface area contributed by atoms with Gasteiger partial charge in [-0.2, -0.15) is 0 Å². The zero-order chi connectivity index (χ0) is 22.2. The van der Waals surface area contributed by atoms with Crippen LogP contribution in [0.1, 0.15) is 15.9 Å². The second-order valence-corrected chi connectivity index (χ2v) is 7.57. The van der Waals surface area contributed by atoms with Crippen molar-refractivity contribution in [2.45, 2.75) is 0 Å². The Hall–Kier alpha value is -3.40. The molecule has 1 heterocycles. The molecule has 0 atom stereocenters. The molecule has 31 heavy (non-hydrogen) atoms. The lowest BCUT2D eigenvalue weighted by atomic mass is 10.1. The van der Waals surface area contributed by atoms with Crippen molar-refractivity contribution in [1.29, 1.82) is 0 Å². The minimum Gasteiger partial charge on any atom is -0.493 e. The van der Waals surface area contributed by atoms with Gasteiger partial charge in [0, 0.05) is 27.2 Å². The van der Waals surface area contributed by atoms with Gasteiger partial charge in [0.25, 0.3) is 11.8 Å². The molecule has 8 heteroatoms. The van der Waals surface area contributed by atoms with E-state index in [-0.39, 0.29) is 5.70 Å². The molecule has 3 rings (SSSR count). The van der Waals surface area contributed by atoms with Crippen LogP contribution in [0.3, 0.4) is 0 Å². The van der Waals surface area contributed by atoms with Gasteiger partial charge in [0.05, 0.1) is 14.2 Å². The van der Waals surface area contributed by atoms with Crippen molar-refractivity contribution in [2.24, 2.45) is 0 Å². The molecule has 0 radical (unpaired) electrons. The summed E-state index contributed by atoms with van der Waals surface area (Å²) in [5, 5.41) is 5.48. The maximum atomic E-state index is 12.9. The Bertz CT molecular complexity index is 1100. The smallest absolute Gasteiger partial charge is 0.272 e. The number of nitrogens with zero attached hydrogens (tertiary/aromatic N) is 1. The quantitative estimate of drug-likeness (QED) is 0.355. The summed E-state index contributed by atoms with van der Waals surface area (Å²) in [6.07, 6.45) is 4.79. The molecule has 0 aliphatic rings. The molecule has 0 unspecified atom stereocenters. The Morgan fingerprint density at radius 3 is 2.39 bits per heavy atom. The normalized spacial score (nSPS) is 10.9. The lowest BCUT2D eigenvalue weighted by Gasteiger charge is -2.13. The highest BCUT2D eigenvalue weighted by molar-refractivity contribution is 14.1. The van der Waals surface area contributed by atoms with Gasteiger partial charge in [-0.05, 0) is 82.8 Å². The van der Waals surface area contributed by atoms with E-state index in [9.17, 15) is 9.59 Å². The number of methoxy groups -OCH3 is 2. The standard InChI is InChI=1S/C23H20IN3O4/c1-30-20-10-5-16(13-21(20)31-2)22(28)27-19(12-15-4-3-11-25-14-15)23(29)26-18-8-6-17(24)7-9-18/h3-14H,1-2H3,(H,26,29)(H,27,28)/b19-12+. The number of hydrogen-bond acceptors (Lipinski definition) is 5. The fourth-order valence-corrected chi connectivity index (χ4v) is 3.05. The van der Waals surface area contributed by atoms with Crippen LogP contribution in [-0.2, 0) is 4.79 Å². The first kappa shape index (κ1) is 22.3. The number of halogens is 1. The molecule has 158 valence electrons. The number of hydrogen-bond donors (Lipinski definition) is 2. The van der Waals surface area contributed by atoms with Gasteiger partial charge < -0.3 is 20.1 Å². The van der Waals surface area contributed by atoms with Gasteiger partial charge in [-0.3, -0.25) is 14.6 Å². The minimum atomic E-state index is -0.464. The summed E-state index contributed by atoms with van der Waals surface area (Å²) in [4.78, 5) is 29.9. The topological polar surface area (TPSA) is 89.5 Å². The third-order valence-corrected chi connectivity index (χ3v) is 4.96. The van der Waals surface area contributed by atoms with Crippen LogP contribution in [0.5, 0.6) is 11.5 Å². The Balaban J connectivity index is 1.87. The van der Waals surface area contributed by atoms with Gasteiger partial charge in [-0.15, -0.1) is 0 Å². The van der Waals surface area contributed by atoms with Crippen molar-refractivity contribution in [3.8, 4) is 11.5 Å². The van der Waals surface area contributed by atoms with E-state index < -0.39 is 11.8 Å². The summed E-state index contributed by atoms with van der Waals surface area (Å²) in [6, 6.07) is 15.6. The summed E-state index contributed by atoms with van der Waals surface area (Å²) in [7, 11) is 3.00. The van der Waals surface area contributed by atoms with Crippen LogP contribution in [0.15, 0.2) is 72.7 Å². The van der Waals surface area contributed by atoms with Crippen molar-refractivity contribution in [2.75, 3.05) is 19.5 Å². The largest absolute Gasteiger partial charge is 0.493 e. The highest BCUT2D eigenvalue weighted by Crippen LogP contribution is 2.27. The number of ether oxygens (including phenoxy) is 2. The molecule has 2 N–H and O–H groups in total. The van der Waals surface area contributed by atoms with E-state index in [0.717, 1.165) is 3.57 Å². The van der Waals surface area contributed by atoms with Crippen LogP contribution in [0.2, 0.25) is 0 Å². The first-order valence-corrected chi connectivity index (χ1v) is 10.3. The molecule has 0 aliphatic heterocycles. The van der Waals surface area contributed by atoms with Crippen molar-refractivity contribution in [3.63, 3.8) is 0 Å². The summed E-state index contributed by atoms with van der Waals surface area (Å²) < 4.78 is 11.5. The highest BCUT2D eigenvalue weighted by atomic mass is 127. The minimum absolute atomic E-state index is 0.0753. The number of amides is 2. The second kappa shape index (κ2) is 10.6. The molecule has 0 aliphatic carbocycles. The third-order valence-electron chi connectivity index (χ3n) is 4.24. The van der Waals surface area contributed by atoms with Crippen molar-refractivity contribution < 1.29 is 19.1 Å². The molecule has 0 saturated heterocycles. The first-order valence-electron chi connectivity index (χ1n) is 9.22. The van der Waals surface area contributed by atoms with E-state index in [1.54, 1.807) is 60.9 Å². The summed E-state index contributed by atoms with van der Waals surface area (Å²) >= 11 is 2.18. The molecule has 0 bridgehead atoms. The van der Waals surface area contributed by atoms with E-state index in [4.69, 9.17) is 9.47 Å². The highest BCUT2D eigenvalue weighted by Gasteiger charge is 2.17. The number of aromatic nitrogens is 1. The third kappa shape index (κ3) is 6.05. The zero-order valence-corrected chi connectivity index (χ0v) is 19.0. The van der Waals surface area contributed by atoms with E-state index >= 15 is 0 Å². The monoisotopic (exact) mass is 529 g/mol. The lowest BCUT2D eigenvalue weighted by Crippen LogP contribution is -2.30. The van der Waals surface area contributed by atoms with Crippen LogP contribution < -0.4 is 20.1 Å². The molecular formula is C23H20IN3O4. The molecule has 2 aromatic carbocycles. The van der Waals surface area contributed by atoms with Gasteiger partial charge in [0.2, 0.25) is 0 Å². The lowest BCUT2D eigenvalue weighted by molar-refractivity contribution is -0.113. The van der Waals surface area contributed by atoms with Gasteiger partial charge in [0.1, 0.15) is 5.70 Å². The van der Waals surface area contributed by atoms with Gasteiger partial charge in [0.15, 0.2) is 11.5 Å². The summed E-state index contributed by atoms with van der Waals surface area (Å²) in [5.41, 5.74) is 1.67. The van der Waals surface area contributed by atoms with Crippen LogP contribution >= 0.6 is 22.6 Å². The molecular weight excluding hydrogens is 509 g/mol. The van der Waals surface area contributed by atoms with Crippen LogP contribution in [0, 0.1) is 3.57 Å². The molecule has 3 aromatic rings. The Labute approximate surface area is 193 Å². The number of nitrogens with one attached hydrogen (secondary N) is 2. The number of benzene rings is 2. The van der Waals surface area contributed by atoms with Crippen molar-refractivity contribution >= 4 is 46.2 Å². The zero-order valence-electron chi connectivity index (χ0n) is 16.9. The van der Waals surface area contributed by atoms with Crippen LogP contribution in [0.25, 0.3) is 6.08 Å². The van der Waals surface area contributed by atoms with E-state index in [1.165, 1.54) is 14.2 Å². The van der Waals surface area contributed by atoms with Crippen LogP contribution in [0.4, 0.5) is 5.69 Å². The number of anilines is 1. The number of rotatable bonds is 7. The first-order chi connectivity index (χ1) is 15.0. The maximum absolute atomic E-state index is 12.9. The molecule has 0 fully saturated rings. The fraction of sp³-hybridized carbons (Fsp3) is 0.0870. The van der Waals surface area contributed by atoms with Crippen molar-refractivity contribution in [3.05, 3.63) is 87.4 Å². The molecule has 0 spiro atoms. The average molecular weight is 529 g/mol. The summed E-state index contributed by atoms with van der Waals surface area (Å²) in [5.74, 6) is -0.00866. The molecule has 1 aromatic heterocycles. The molecule has 7 nitrogen and oxygen atoms in total.